The number of unbranched alkanes of at least 4 members (excludes halogenated alkanes) is 1. The van der Waals surface area contributed by atoms with Crippen LogP contribution in [0.5, 0.6) is 5.75 Å². The van der Waals surface area contributed by atoms with Gasteiger partial charge in [-0.05, 0) is 49.7 Å². The number of hydrogen-bond acceptors (Lipinski definition) is 4. The van der Waals surface area contributed by atoms with Crippen LogP contribution in [-0.2, 0) is 4.74 Å². The van der Waals surface area contributed by atoms with E-state index >= 15 is 0 Å². The summed E-state index contributed by atoms with van der Waals surface area (Å²) in [4.78, 5) is 24.3. The first-order valence-electron chi connectivity index (χ1n) is 8.46. The minimum Gasteiger partial charge on any atom is -0.493 e. The van der Waals surface area contributed by atoms with Gasteiger partial charge < -0.3 is 14.8 Å². The number of carbonyl (C=O) groups excluding carboxylic acids is 2. The molecule has 25 heavy (non-hydrogen) atoms. The van der Waals surface area contributed by atoms with Gasteiger partial charge in [0.15, 0.2) is 0 Å². The number of anilines is 1. The van der Waals surface area contributed by atoms with E-state index in [2.05, 4.69) is 5.32 Å². The number of nitrogens with one attached hydrogen (secondary N) is 1. The molecule has 0 bridgehead atoms. The molecule has 2 aromatic carbocycles. The molecular formula is C20H23NO4. The van der Waals surface area contributed by atoms with E-state index in [1.165, 1.54) is 0 Å². The summed E-state index contributed by atoms with van der Waals surface area (Å²) in [6.45, 7) is 4.81. The van der Waals surface area contributed by atoms with Crippen molar-refractivity contribution in [3.8, 4) is 5.75 Å². The van der Waals surface area contributed by atoms with Crippen LogP contribution in [-0.4, -0.2) is 25.1 Å². The summed E-state index contributed by atoms with van der Waals surface area (Å²) in [5, 5.41) is 2.80. The molecule has 0 fully saturated rings. The molecule has 0 spiro atoms. The molecule has 132 valence electrons. The number of benzene rings is 2. The minimum absolute atomic E-state index is 0.262. The van der Waals surface area contributed by atoms with Crippen molar-refractivity contribution in [2.75, 3.05) is 18.5 Å². The van der Waals surface area contributed by atoms with E-state index in [1.807, 2.05) is 19.9 Å². The number of para-hydroxylation sites is 1. The van der Waals surface area contributed by atoms with Gasteiger partial charge in [0.1, 0.15) is 5.75 Å². The Morgan fingerprint density at radius 1 is 1.00 bits per heavy atom. The maximum Gasteiger partial charge on any atom is 0.338 e. The zero-order valence-corrected chi connectivity index (χ0v) is 14.6. The molecule has 5 nitrogen and oxygen atoms in total. The van der Waals surface area contributed by atoms with Gasteiger partial charge in [0.05, 0.1) is 24.3 Å². The third kappa shape index (κ3) is 5.35. The van der Waals surface area contributed by atoms with E-state index in [9.17, 15) is 9.59 Å². The van der Waals surface area contributed by atoms with Gasteiger partial charge in [0.2, 0.25) is 0 Å². The first-order valence-corrected chi connectivity index (χ1v) is 8.46. The largest absolute Gasteiger partial charge is 0.493 e. The monoisotopic (exact) mass is 341 g/mol. The van der Waals surface area contributed by atoms with Crippen molar-refractivity contribution in [3.05, 3.63) is 59.7 Å². The van der Waals surface area contributed by atoms with Gasteiger partial charge in [-0.1, -0.05) is 25.5 Å². The maximum atomic E-state index is 12.4. The summed E-state index contributed by atoms with van der Waals surface area (Å²) >= 11 is 0. The van der Waals surface area contributed by atoms with Gasteiger partial charge in [-0.15, -0.1) is 0 Å². The Balaban J connectivity index is 2.01. The lowest BCUT2D eigenvalue weighted by atomic mass is 10.1. The number of ether oxygens (including phenoxy) is 2. The van der Waals surface area contributed by atoms with Crippen LogP contribution in [0.25, 0.3) is 0 Å². The summed E-state index contributed by atoms with van der Waals surface area (Å²) in [6.07, 6.45) is 1.82. The van der Waals surface area contributed by atoms with Crippen molar-refractivity contribution in [3.63, 3.8) is 0 Å². The lowest BCUT2D eigenvalue weighted by Crippen LogP contribution is -2.14. The third-order valence-electron chi connectivity index (χ3n) is 3.54. The average Bonchev–Trinajstić information content (AvgIpc) is 2.63. The Kier molecular flexibility index (Phi) is 7.01. The van der Waals surface area contributed by atoms with E-state index < -0.39 is 0 Å². The molecule has 0 heterocycles. The Labute approximate surface area is 148 Å². The Bertz CT molecular complexity index is 710. The molecule has 0 unspecified atom stereocenters. The van der Waals surface area contributed by atoms with Crippen LogP contribution >= 0.6 is 0 Å². The lowest BCUT2D eigenvalue weighted by molar-refractivity contribution is 0.0499. The molecule has 0 aromatic heterocycles. The van der Waals surface area contributed by atoms with Crippen LogP contribution in [0.1, 0.15) is 47.4 Å². The predicted molar refractivity (Wildman–Crippen MR) is 97.2 cm³/mol. The SMILES string of the molecule is CCCCOC(=O)c1ccc(NC(=O)c2ccccc2OCC)cc1. The van der Waals surface area contributed by atoms with Crippen molar-refractivity contribution < 1.29 is 19.1 Å². The summed E-state index contributed by atoms with van der Waals surface area (Å²) in [5.74, 6) is -0.0750. The van der Waals surface area contributed by atoms with Crippen molar-refractivity contribution in [1.82, 2.24) is 0 Å². The van der Waals surface area contributed by atoms with Crippen molar-refractivity contribution in [2.24, 2.45) is 0 Å². The van der Waals surface area contributed by atoms with E-state index in [1.54, 1.807) is 42.5 Å². The highest BCUT2D eigenvalue weighted by atomic mass is 16.5. The number of esters is 1. The second kappa shape index (κ2) is 9.47. The van der Waals surface area contributed by atoms with Crippen molar-refractivity contribution in [1.29, 1.82) is 0 Å². The summed E-state index contributed by atoms with van der Waals surface area (Å²) < 4.78 is 10.6. The Hall–Kier alpha value is -2.82. The summed E-state index contributed by atoms with van der Waals surface area (Å²) in [5.41, 5.74) is 1.53. The highest BCUT2D eigenvalue weighted by Crippen LogP contribution is 2.20. The van der Waals surface area contributed by atoms with E-state index in [4.69, 9.17) is 9.47 Å². The number of hydrogen-bond donors (Lipinski definition) is 1. The number of rotatable bonds is 8. The molecule has 0 saturated carbocycles. The molecule has 0 saturated heterocycles. The molecule has 1 amide bonds. The molecule has 2 rings (SSSR count). The molecule has 0 aliphatic rings. The van der Waals surface area contributed by atoms with Gasteiger partial charge in [0.25, 0.3) is 5.91 Å². The fourth-order valence-electron chi connectivity index (χ4n) is 2.22. The molecular weight excluding hydrogens is 318 g/mol. The first-order chi connectivity index (χ1) is 12.2. The molecule has 5 heteroatoms. The molecule has 2 aromatic rings. The van der Waals surface area contributed by atoms with Crippen molar-refractivity contribution in [2.45, 2.75) is 26.7 Å². The van der Waals surface area contributed by atoms with Gasteiger partial charge in [-0.25, -0.2) is 4.79 Å². The zero-order chi connectivity index (χ0) is 18.1. The normalized spacial score (nSPS) is 10.2. The average molecular weight is 341 g/mol. The fraction of sp³-hybridized carbons (Fsp3) is 0.300. The molecule has 0 aliphatic carbocycles. The maximum absolute atomic E-state index is 12.4. The Morgan fingerprint density at radius 3 is 2.40 bits per heavy atom. The highest BCUT2D eigenvalue weighted by molar-refractivity contribution is 6.06. The minimum atomic E-state index is -0.354. The van der Waals surface area contributed by atoms with Crippen LogP contribution in [0.4, 0.5) is 5.69 Å². The van der Waals surface area contributed by atoms with Gasteiger partial charge in [-0.3, -0.25) is 4.79 Å². The predicted octanol–water partition coefficient (Wildman–Crippen LogP) is 4.29. The van der Waals surface area contributed by atoms with Crippen LogP contribution < -0.4 is 10.1 Å². The van der Waals surface area contributed by atoms with Gasteiger partial charge >= 0.3 is 5.97 Å². The second-order valence-electron chi connectivity index (χ2n) is 5.45. The first kappa shape index (κ1) is 18.5. The molecule has 0 aliphatic heterocycles. The summed E-state index contributed by atoms with van der Waals surface area (Å²) in [6, 6.07) is 13.7. The standard InChI is InChI=1S/C20H23NO4/c1-3-5-14-25-20(23)15-10-12-16(13-11-15)21-19(22)17-8-6-7-9-18(17)24-4-2/h6-13H,3-5,14H2,1-2H3,(H,21,22). The van der Waals surface area contributed by atoms with Crippen LogP contribution in [0.3, 0.4) is 0 Å². The second-order valence-corrected chi connectivity index (χ2v) is 5.45. The lowest BCUT2D eigenvalue weighted by Gasteiger charge is -2.11. The van der Waals surface area contributed by atoms with Crippen LogP contribution in [0.15, 0.2) is 48.5 Å². The van der Waals surface area contributed by atoms with Gasteiger partial charge in [-0.2, -0.15) is 0 Å². The zero-order valence-electron chi connectivity index (χ0n) is 14.6. The molecule has 1 N–H and O–H groups in total. The topological polar surface area (TPSA) is 64.6 Å². The number of carbonyl (C=O) groups is 2. The quantitative estimate of drug-likeness (QED) is 0.574. The van der Waals surface area contributed by atoms with Gasteiger partial charge in [0, 0.05) is 5.69 Å². The Morgan fingerprint density at radius 2 is 1.72 bits per heavy atom. The third-order valence-corrected chi connectivity index (χ3v) is 3.54. The molecule has 0 atom stereocenters. The van der Waals surface area contributed by atoms with E-state index in [0.717, 1.165) is 12.8 Å². The van der Waals surface area contributed by atoms with Crippen LogP contribution in [0, 0.1) is 0 Å². The van der Waals surface area contributed by atoms with Crippen LogP contribution in [0.2, 0.25) is 0 Å². The number of amides is 1. The van der Waals surface area contributed by atoms with Crippen molar-refractivity contribution >= 4 is 17.6 Å². The smallest absolute Gasteiger partial charge is 0.338 e. The van der Waals surface area contributed by atoms with E-state index in [0.29, 0.717) is 35.8 Å². The summed E-state index contributed by atoms with van der Waals surface area (Å²) in [7, 11) is 0. The van der Waals surface area contributed by atoms with E-state index in [-0.39, 0.29) is 11.9 Å². The molecule has 0 radical (unpaired) electrons. The fourth-order valence-corrected chi connectivity index (χ4v) is 2.22. The highest BCUT2D eigenvalue weighted by Gasteiger charge is 2.13.